The summed E-state index contributed by atoms with van der Waals surface area (Å²) in [4.78, 5) is 12.3. The second-order valence-corrected chi connectivity index (χ2v) is 8.44. The fourth-order valence-electron chi connectivity index (χ4n) is 2.14. The number of anilines is 2. The zero-order valence-electron chi connectivity index (χ0n) is 14.0. The monoisotopic (exact) mass is 400 g/mol. The van der Waals surface area contributed by atoms with E-state index in [1.807, 2.05) is 13.8 Å². The first-order valence-corrected chi connectivity index (χ1v) is 9.98. The maximum Gasteiger partial charge on any atom is 0.245 e. The summed E-state index contributed by atoms with van der Waals surface area (Å²) in [6.45, 7) is 3.29. The Morgan fingerprint density at radius 1 is 1.04 bits per heavy atom. The molecule has 2 aromatic rings. The van der Waals surface area contributed by atoms with Crippen LogP contribution < -0.4 is 9.62 Å². The highest BCUT2D eigenvalue weighted by Crippen LogP contribution is 2.25. The number of sulfonamides is 1. The average Bonchev–Trinajstić information content (AvgIpc) is 2.50. The minimum absolute atomic E-state index is 0.329. The van der Waals surface area contributed by atoms with Crippen molar-refractivity contribution in [3.8, 4) is 0 Å². The van der Waals surface area contributed by atoms with Crippen LogP contribution in [0.3, 0.4) is 0 Å². The smallest absolute Gasteiger partial charge is 0.245 e. The molecule has 0 unspecified atom stereocenters. The van der Waals surface area contributed by atoms with E-state index in [2.05, 4.69) is 5.32 Å². The lowest BCUT2D eigenvalue weighted by molar-refractivity contribution is -0.114. The summed E-state index contributed by atoms with van der Waals surface area (Å²) in [6.07, 6.45) is 1.04. The van der Waals surface area contributed by atoms with Gasteiger partial charge in [-0.15, -0.1) is 0 Å². The number of nitrogens with one attached hydrogen (secondary N) is 1. The third kappa shape index (κ3) is 5.11. The summed E-state index contributed by atoms with van der Waals surface area (Å²) < 4.78 is 25.2. The zero-order chi connectivity index (χ0) is 18.8. The number of carbonyl (C=O) groups is 1. The van der Waals surface area contributed by atoms with Crippen molar-refractivity contribution in [2.75, 3.05) is 22.4 Å². The van der Waals surface area contributed by atoms with Gasteiger partial charge in [0.2, 0.25) is 15.9 Å². The molecule has 0 aromatic heterocycles. The van der Waals surface area contributed by atoms with Gasteiger partial charge < -0.3 is 5.32 Å². The van der Waals surface area contributed by atoms with E-state index in [9.17, 15) is 13.2 Å². The van der Waals surface area contributed by atoms with Gasteiger partial charge in [0.15, 0.2) is 0 Å². The maximum absolute atomic E-state index is 12.3. The average molecular weight is 401 g/mol. The molecule has 0 fully saturated rings. The van der Waals surface area contributed by atoms with Crippen LogP contribution in [0.5, 0.6) is 0 Å². The molecule has 8 heteroatoms. The number of amides is 1. The van der Waals surface area contributed by atoms with Gasteiger partial charge in [-0.25, -0.2) is 8.42 Å². The van der Waals surface area contributed by atoms with Crippen molar-refractivity contribution in [3.05, 3.63) is 57.6 Å². The standard InChI is InChI=1S/C17H18Cl2N2O3S/c1-11-4-6-13(8-15(11)18)20-17(22)10-21(25(3,23)24)14-7-5-12(2)16(19)9-14/h4-9H,10H2,1-3H3,(H,20,22). The zero-order valence-corrected chi connectivity index (χ0v) is 16.3. The third-order valence-corrected chi connectivity index (χ3v) is 5.54. The Morgan fingerprint density at radius 3 is 2.12 bits per heavy atom. The van der Waals surface area contributed by atoms with Gasteiger partial charge in [-0.3, -0.25) is 9.10 Å². The molecule has 0 saturated heterocycles. The minimum Gasteiger partial charge on any atom is -0.324 e. The Bertz CT molecular complexity index is 914. The molecule has 5 nitrogen and oxygen atoms in total. The van der Waals surface area contributed by atoms with Crippen molar-refractivity contribution >= 4 is 50.5 Å². The largest absolute Gasteiger partial charge is 0.324 e. The van der Waals surface area contributed by atoms with Crippen molar-refractivity contribution in [3.63, 3.8) is 0 Å². The molecular formula is C17H18Cl2N2O3S. The van der Waals surface area contributed by atoms with Crippen LogP contribution in [0.2, 0.25) is 10.0 Å². The lowest BCUT2D eigenvalue weighted by atomic mass is 10.2. The number of carbonyl (C=O) groups excluding carboxylic acids is 1. The van der Waals surface area contributed by atoms with E-state index in [0.29, 0.717) is 21.4 Å². The van der Waals surface area contributed by atoms with Gasteiger partial charge in [-0.2, -0.15) is 0 Å². The quantitative estimate of drug-likeness (QED) is 0.823. The van der Waals surface area contributed by atoms with E-state index in [1.165, 1.54) is 6.07 Å². The summed E-state index contributed by atoms with van der Waals surface area (Å²) in [5, 5.41) is 3.59. The van der Waals surface area contributed by atoms with E-state index in [1.54, 1.807) is 30.3 Å². The highest BCUT2D eigenvalue weighted by atomic mass is 35.5. The van der Waals surface area contributed by atoms with Crippen molar-refractivity contribution < 1.29 is 13.2 Å². The molecule has 25 heavy (non-hydrogen) atoms. The first-order valence-electron chi connectivity index (χ1n) is 7.38. The van der Waals surface area contributed by atoms with Gasteiger partial charge in [-0.05, 0) is 49.2 Å². The van der Waals surface area contributed by atoms with Gasteiger partial charge in [0.25, 0.3) is 0 Å². The second-order valence-electron chi connectivity index (χ2n) is 5.72. The highest BCUT2D eigenvalue weighted by Gasteiger charge is 2.21. The van der Waals surface area contributed by atoms with E-state index in [-0.39, 0.29) is 6.54 Å². The Morgan fingerprint density at radius 2 is 1.60 bits per heavy atom. The highest BCUT2D eigenvalue weighted by molar-refractivity contribution is 7.92. The van der Waals surface area contributed by atoms with Crippen LogP contribution in [0.15, 0.2) is 36.4 Å². The van der Waals surface area contributed by atoms with Gasteiger partial charge in [0.1, 0.15) is 6.54 Å². The lowest BCUT2D eigenvalue weighted by Gasteiger charge is -2.22. The molecule has 0 heterocycles. The molecule has 1 N–H and O–H groups in total. The summed E-state index contributed by atoms with van der Waals surface area (Å²) in [5.41, 5.74) is 2.52. The van der Waals surface area contributed by atoms with Gasteiger partial charge in [0, 0.05) is 15.7 Å². The molecule has 0 saturated carbocycles. The van der Waals surface area contributed by atoms with Crippen LogP contribution in [-0.2, 0) is 14.8 Å². The fraction of sp³-hybridized carbons (Fsp3) is 0.235. The summed E-state index contributed by atoms with van der Waals surface area (Å²) in [6, 6.07) is 9.92. The third-order valence-electron chi connectivity index (χ3n) is 3.59. The topological polar surface area (TPSA) is 66.5 Å². The van der Waals surface area contributed by atoms with Crippen LogP contribution in [-0.4, -0.2) is 27.1 Å². The van der Waals surface area contributed by atoms with Gasteiger partial charge in [0.05, 0.1) is 11.9 Å². The molecule has 1 amide bonds. The summed E-state index contributed by atoms with van der Waals surface area (Å²) >= 11 is 12.1. The van der Waals surface area contributed by atoms with E-state index in [0.717, 1.165) is 21.7 Å². The number of halogens is 2. The SMILES string of the molecule is Cc1ccc(NC(=O)CN(c2ccc(C)c(Cl)c2)S(C)(=O)=O)cc1Cl. The van der Waals surface area contributed by atoms with Crippen molar-refractivity contribution in [2.45, 2.75) is 13.8 Å². The minimum atomic E-state index is -3.66. The van der Waals surface area contributed by atoms with Crippen LogP contribution in [0.25, 0.3) is 0 Å². The fourth-order valence-corrected chi connectivity index (χ4v) is 3.34. The van der Waals surface area contributed by atoms with E-state index < -0.39 is 15.9 Å². The normalized spacial score (nSPS) is 11.2. The van der Waals surface area contributed by atoms with Crippen LogP contribution >= 0.6 is 23.2 Å². The lowest BCUT2D eigenvalue weighted by Crippen LogP contribution is -2.37. The maximum atomic E-state index is 12.3. The molecule has 0 radical (unpaired) electrons. The number of benzene rings is 2. The van der Waals surface area contributed by atoms with Crippen LogP contribution in [0.4, 0.5) is 11.4 Å². The predicted octanol–water partition coefficient (Wildman–Crippen LogP) is 4.01. The summed E-state index contributed by atoms with van der Waals surface area (Å²) in [7, 11) is -3.66. The first kappa shape index (κ1) is 19.6. The number of hydrogen-bond donors (Lipinski definition) is 1. The molecule has 0 aliphatic carbocycles. The van der Waals surface area contributed by atoms with Crippen LogP contribution in [0, 0.1) is 13.8 Å². The summed E-state index contributed by atoms with van der Waals surface area (Å²) in [5.74, 6) is -0.484. The molecular weight excluding hydrogens is 383 g/mol. The Kier molecular flexibility index (Phi) is 5.98. The molecule has 134 valence electrons. The molecule has 0 aliphatic heterocycles. The molecule has 0 atom stereocenters. The predicted molar refractivity (Wildman–Crippen MR) is 103 cm³/mol. The number of hydrogen-bond acceptors (Lipinski definition) is 3. The van der Waals surface area contributed by atoms with E-state index in [4.69, 9.17) is 23.2 Å². The number of aryl methyl sites for hydroxylation is 2. The molecule has 0 spiro atoms. The van der Waals surface area contributed by atoms with Crippen LogP contribution in [0.1, 0.15) is 11.1 Å². The number of rotatable bonds is 5. The molecule has 0 bridgehead atoms. The second kappa shape index (κ2) is 7.64. The van der Waals surface area contributed by atoms with Crippen molar-refractivity contribution in [1.29, 1.82) is 0 Å². The number of nitrogens with zero attached hydrogens (tertiary/aromatic N) is 1. The Labute approximate surface area is 157 Å². The molecule has 2 aromatic carbocycles. The van der Waals surface area contributed by atoms with Gasteiger partial charge >= 0.3 is 0 Å². The molecule has 2 rings (SSSR count). The van der Waals surface area contributed by atoms with Gasteiger partial charge in [-0.1, -0.05) is 35.3 Å². The van der Waals surface area contributed by atoms with Crippen molar-refractivity contribution in [1.82, 2.24) is 0 Å². The Hall–Kier alpha value is -1.76. The van der Waals surface area contributed by atoms with E-state index >= 15 is 0 Å². The van der Waals surface area contributed by atoms with Crippen molar-refractivity contribution in [2.24, 2.45) is 0 Å². The Balaban J connectivity index is 2.23. The first-order chi connectivity index (χ1) is 11.6. The molecule has 0 aliphatic rings.